The molecule has 0 aliphatic carbocycles. The molecule has 1 amide bonds. The summed E-state index contributed by atoms with van der Waals surface area (Å²) in [7, 11) is 0. The van der Waals surface area contributed by atoms with Gasteiger partial charge >= 0.3 is 0 Å². The third-order valence-electron chi connectivity index (χ3n) is 3.91. The molecule has 0 aromatic carbocycles. The first-order valence-electron chi connectivity index (χ1n) is 7.43. The molecule has 0 saturated carbocycles. The molecule has 2 aromatic rings. The number of rotatable bonds is 4. The molecule has 21 heavy (non-hydrogen) atoms. The average Bonchev–Trinajstić information content (AvgIpc) is 3.09. The first kappa shape index (κ1) is 13.8. The van der Waals surface area contributed by atoms with Crippen LogP contribution >= 0.6 is 0 Å². The van der Waals surface area contributed by atoms with Crippen molar-refractivity contribution in [3.05, 3.63) is 30.1 Å². The molecule has 3 rings (SSSR count). The van der Waals surface area contributed by atoms with E-state index >= 15 is 0 Å². The Labute approximate surface area is 123 Å². The van der Waals surface area contributed by atoms with Gasteiger partial charge in [-0.2, -0.15) is 5.10 Å². The van der Waals surface area contributed by atoms with Crippen molar-refractivity contribution in [2.24, 2.45) is 0 Å². The Morgan fingerprint density at radius 1 is 1.38 bits per heavy atom. The highest BCUT2D eigenvalue weighted by atomic mass is 16.2. The van der Waals surface area contributed by atoms with Crippen molar-refractivity contribution >= 4 is 5.91 Å². The predicted octanol–water partition coefficient (Wildman–Crippen LogP) is 1.08. The zero-order valence-electron chi connectivity index (χ0n) is 12.2. The van der Waals surface area contributed by atoms with E-state index in [4.69, 9.17) is 0 Å². The summed E-state index contributed by atoms with van der Waals surface area (Å²) in [6.45, 7) is 3.19. The van der Waals surface area contributed by atoms with Gasteiger partial charge < -0.3 is 9.88 Å². The van der Waals surface area contributed by atoms with Crippen LogP contribution in [0.4, 0.5) is 0 Å². The van der Waals surface area contributed by atoms with Gasteiger partial charge in [0.15, 0.2) is 5.82 Å². The molecule has 1 aliphatic rings. The minimum atomic E-state index is -0.327. The number of hydrogen-bond donors (Lipinski definition) is 1. The fourth-order valence-corrected chi connectivity index (χ4v) is 2.62. The molecule has 1 N–H and O–H groups in total. The van der Waals surface area contributed by atoms with E-state index in [0.29, 0.717) is 6.54 Å². The van der Waals surface area contributed by atoms with Crippen LogP contribution < -0.4 is 5.32 Å². The van der Waals surface area contributed by atoms with E-state index in [1.807, 2.05) is 13.0 Å². The lowest BCUT2D eigenvalue weighted by molar-refractivity contribution is -0.124. The Kier molecular flexibility index (Phi) is 3.98. The van der Waals surface area contributed by atoms with Gasteiger partial charge in [-0.05, 0) is 25.8 Å². The van der Waals surface area contributed by atoms with E-state index in [9.17, 15) is 4.79 Å². The quantitative estimate of drug-likeness (QED) is 0.913. The van der Waals surface area contributed by atoms with Crippen LogP contribution in [0.2, 0.25) is 0 Å². The maximum atomic E-state index is 12.1. The number of hydrogen-bond acceptors (Lipinski definition) is 4. The van der Waals surface area contributed by atoms with E-state index in [1.54, 1.807) is 17.1 Å². The van der Waals surface area contributed by atoms with E-state index in [2.05, 4.69) is 25.2 Å². The summed E-state index contributed by atoms with van der Waals surface area (Å²) in [6.07, 6.45) is 7.97. The second-order valence-electron chi connectivity index (χ2n) is 5.37. The summed E-state index contributed by atoms with van der Waals surface area (Å²) in [5, 5.41) is 15.5. The van der Waals surface area contributed by atoms with E-state index in [-0.39, 0.29) is 11.9 Å². The minimum Gasteiger partial charge on any atom is -0.347 e. The highest BCUT2D eigenvalue weighted by Crippen LogP contribution is 2.14. The van der Waals surface area contributed by atoms with Gasteiger partial charge in [-0.25, -0.2) is 0 Å². The number of aryl methyl sites for hydroxylation is 1. The molecule has 0 radical (unpaired) electrons. The van der Waals surface area contributed by atoms with Crippen molar-refractivity contribution in [2.45, 2.75) is 51.7 Å². The van der Waals surface area contributed by atoms with Crippen LogP contribution in [0.3, 0.4) is 0 Å². The second kappa shape index (κ2) is 6.07. The fraction of sp³-hybridized carbons (Fsp3) is 0.571. The Hall–Kier alpha value is -2.18. The molecule has 0 spiro atoms. The molecule has 0 unspecified atom stereocenters. The van der Waals surface area contributed by atoms with Crippen molar-refractivity contribution in [3.63, 3.8) is 0 Å². The molecular formula is C14H20N6O. The molecule has 0 bridgehead atoms. The fourth-order valence-electron chi connectivity index (χ4n) is 2.62. The van der Waals surface area contributed by atoms with Crippen molar-refractivity contribution in [1.29, 1.82) is 0 Å². The van der Waals surface area contributed by atoms with Gasteiger partial charge in [0, 0.05) is 25.4 Å². The zero-order valence-corrected chi connectivity index (χ0v) is 12.2. The van der Waals surface area contributed by atoms with Gasteiger partial charge in [0.25, 0.3) is 0 Å². The number of carbonyl (C=O) groups excluding carboxylic acids is 1. The average molecular weight is 288 g/mol. The number of carbonyl (C=O) groups is 1. The van der Waals surface area contributed by atoms with Crippen LogP contribution in [0, 0.1) is 0 Å². The highest BCUT2D eigenvalue weighted by Gasteiger charge is 2.18. The van der Waals surface area contributed by atoms with Gasteiger partial charge in [0.1, 0.15) is 11.9 Å². The molecule has 7 heteroatoms. The molecule has 7 nitrogen and oxygen atoms in total. The summed E-state index contributed by atoms with van der Waals surface area (Å²) < 4.78 is 3.78. The summed E-state index contributed by atoms with van der Waals surface area (Å²) in [5.74, 6) is 1.81. The third kappa shape index (κ3) is 2.96. The number of fused-ring (bicyclic) bond motifs is 1. The highest BCUT2D eigenvalue weighted by molar-refractivity contribution is 5.79. The van der Waals surface area contributed by atoms with Gasteiger partial charge in [-0.1, -0.05) is 6.42 Å². The molecular weight excluding hydrogens is 268 g/mol. The van der Waals surface area contributed by atoms with Crippen molar-refractivity contribution in [2.75, 3.05) is 0 Å². The van der Waals surface area contributed by atoms with E-state index < -0.39 is 0 Å². The van der Waals surface area contributed by atoms with Crippen LogP contribution in [-0.2, 0) is 24.3 Å². The van der Waals surface area contributed by atoms with Gasteiger partial charge in [0.05, 0.1) is 6.54 Å². The molecule has 2 aromatic heterocycles. The minimum absolute atomic E-state index is 0.0651. The number of nitrogens with one attached hydrogen (secondary N) is 1. The lowest BCUT2D eigenvalue weighted by Crippen LogP contribution is -2.31. The van der Waals surface area contributed by atoms with Gasteiger partial charge in [0.2, 0.25) is 5.91 Å². The number of aromatic nitrogens is 5. The molecule has 112 valence electrons. The standard InChI is InChI=1S/C14H20N6O/c1-11(20-9-5-7-16-20)14(21)15-10-13-18-17-12-6-3-2-4-8-19(12)13/h5,7,9,11H,2-4,6,8,10H2,1H3,(H,15,21)/t11-/m0/s1. The lowest BCUT2D eigenvalue weighted by atomic mass is 10.2. The third-order valence-corrected chi connectivity index (χ3v) is 3.91. The van der Waals surface area contributed by atoms with Crippen LogP contribution in [0.5, 0.6) is 0 Å². The van der Waals surface area contributed by atoms with Crippen LogP contribution in [0.25, 0.3) is 0 Å². The largest absolute Gasteiger partial charge is 0.347 e. The Morgan fingerprint density at radius 3 is 3.10 bits per heavy atom. The van der Waals surface area contributed by atoms with E-state index in [0.717, 1.165) is 31.0 Å². The second-order valence-corrected chi connectivity index (χ2v) is 5.37. The SMILES string of the molecule is C[C@@H](C(=O)NCc1nnc2n1CCCCC2)n1cccn1. The van der Waals surface area contributed by atoms with Crippen molar-refractivity contribution in [3.8, 4) is 0 Å². The Morgan fingerprint density at radius 2 is 2.29 bits per heavy atom. The monoisotopic (exact) mass is 288 g/mol. The maximum absolute atomic E-state index is 12.1. The van der Waals surface area contributed by atoms with Crippen LogP contribution in [-0.4, -0.2) is 30.5 Å². The normalized spacial score (nSPS) is 16.0. The van der Waals surface area contributed by atoms with Gasteiger partial charge in [-0.15, -0.1) is 10.2 Å². The lowest BCUT2D eigenvalue weighted by Gasteiger charge is -2.13. The first-order chi connectivity index (χ1) is 10.3. The number of amides is 1. The van der Waals surface area contributed by atoms with Crippen LogP contribution in [0.1, 0.15) is 43.9 Å². The summed E-state index contributed by atoms with van der Waals surface area (Å²) in [4.78, 5) is 12.1. The smallest absolute Gasteiger partial charge is 0.244 e. The van der Waals surface area contributed by atoms with E-state index in [1.165, 1.54) is 12.8 Å². The predicted molar refractivity (Wildman–Crippen MR) is 76.4 cm³/mol. The van der Waals surface area contributed by atoms with Gasteiger partial charge in [-0.3, -0.25) is 9.48 Å². The molecule has 0 fully saturated rings. The molecule has 1 atom stereocenters. The first-order valence-corrected chi connectivity index (χ1v) is 7.43. The van der Waals surface area contributed by atoms with Crippen molar-refractivity contribution < 1.29 is 4.79 Å². The molecule has 0 saturated heterocycles. The molecule has 3 heterocycles. The molecule has 1 aliphatic heterocycles. The Bertz CT molecular complexity index is 603. The summed E-state index contributed by atoms with van der Waals surface area (Å²) >= 11 is 0. The van der Waals surface area contributed by atoms with Crippen molar-refractivity contribution in [1.82, 2.24) is 29.9 Å². The summed E-state index contributed by atoms with van der Waals surface area (Å²) in [6, 6.07) is 1.48. The maximum Gasteiger partial charge on any atom is 0.244 e. The Balaban J connectivity index is 1.63. The van der Waals surface area contributed by atoms with Crippen LogP contribution in [0.15, 0.2) is 18.5 Å². The topological polar surface area (TPSA) is 77.6 Å². The summed E-state index contributed by atoms with van der Waals surface area (Å²) in [5.41, 5.74) is 0. The number of nitrogens with zero attached hydrogens (tertiary/aromatic N) is 5. The zero-order chi connectivity index (χ0) is 14.7.